The van der Waals surface area contributed by atoms with Gasteiger partial charge in [0.2, 0.25) is 11.8 Å². The smallest absolute Gasteiger partial charge is 0.309 e. The number of piperidine rings is 1. The fourth-order valence-electron chi connectivity index (χ4n) is 5.32. The summed E-state index contributed by atoms with van der Waals surface area (Å²) >= 11 is 0. The Morgan fingerprint density at radius 1 is 1.12 bits per heavy atom. The van der Waals surface area contributed by atoms with Gasteiger partial charge in [-0.05, 0) is 57.1 Å². The average molecular weight is 444 g/mol. The highest BCUT2D eigenvalue weighted by Crippen LogP contribution is 2.43. The molecule has 1 saturated carbocycles. The molecule has 2 saturated heterocycles. The van der Waals surface area contributed by atoms with Gasteiger partial charge in [0.05, 0.1) is 35.0 Å². The van der Waals surface area contributed by atoms with E-state index in [0.29, 0.717) is 57.0 Å². The lowest BCUT2D eigenvalue weighted by atomic mass is 9.76. The lowest BCUT2D eigenvalue weighted by Gasteiger charge is -2.32. The number of ether oxygens (including phenoxy) is 1. The Morgan fingerprint density at radius 2 is 1.81 bits per heavy atom. The van der Waals surface area contributed by atoms with Crippen molar-refractivity contribution in [2.75, 3.05) is 29.5 Å². The van der Waals surface area contributed by atoms with Crippen LogP contribution in [0.25, 0.3) is 0 Å². The lowest BCUT2D eigenvalue weighted by Crippen LogP contribution is -2.37. The van der Waals surface area contributed by atoms with E-state index in [9.17, 15) is 24.5 Å². The molecular weight excluding hydrogens is 414 g/mol. The number of hydrogen-bond acceptors (Lipinski definition) is 7. The highest BCUT2D eigenvalue weighted by molar-refractivity contribution is 6.22. The molecule has 0 aromatic heterocycles. The van der Waals surface area contributed by atoms with E-state index in [2.05, 4.69) is 6.92 Å². The number of nitrogens with zero attached hydrogens (tertiary/aromatic N) is 3. The van der Waals surface area contributed by atoms with E-state index in [-0.39, 0.29) is 46.9 Å². The zero-order chi connectivity index (χ0) is 23.0. The molecule has 32 heavy (non-hydrogen) atoms. The standard InChI is InChI=1S/C23H29N3O6/c1-3-32-23(29)15-8-10-24(11-9-15)19-7-5-16(13-20(19)26(30)31)25-21(27)17-6-4-14(2)12-18(17)22(25)28/h5,7,13-15,17-18H,3-4,6,8-12H2,1-2H3/t14-,17+,18-/m0/s1. The molecule has 2 amide bonds. The normalized spacial score (nSPS) is 26.2. The second-order valence-corrected chi connectivity index (χ2v) is 9.09. The van der Waals surface area contributed by atoms with Crippen LogP contribution in [0.3, 0.4) is 0 Å². The minimum absolute atomic E-state index is 0.138. The summed E-state index contributed by atoms with van der Waals surface area (Å²) in [6.45, 7) is 5.17. The molecular formula is C23H29N3O6. The second-order valence-electron chi connectivity index (χ2n) is 9.09. The van der Waals surface area contributed by atoms with Gasteiger partial charge < -0.3 is 9.64 Å². The van der Waals surface area contributed by atoms with Crippen molar-refractivity contribution in [3.8, 4) is 0 Å². The Kier molecular flexibility index (Phi) is 6.17. The molecule has 2 heterocycles. The molecule has 9 heteroatoms. The number of hydrogen-bond donors (Lipinski definition) is 0. The van der Waals surface area contributed by atoms with Crippen molar-refractivity contribution < 1.29 is 24.0 Å². The lowest BCUT2D eigenvalue weighted by molar-refractivity contribution is -0.384. The number of fused-ring (bicyclic) bond motifs is 1. The van der Waals surface area contributed by atoms with Gasteiger partial charge in [0.15, 0.2) is 0 Å². The van der Waals surface area contributed by atoms with E-state index in [4.69, 9.17) is 4.74 Å². The number of rotatable bonds is 5. The van der Waals surface area contributed by atoms with Gasteiger partial charge in [-0.3, -0.25) is 24.5 Å². The first-order valence-electron chi connectivity index (χ1n) is 11.4. The third kappa shape index (κ3) is 3.96. The monoisotopic (exact) mass is 443 g/mol. The fraction of sp³-hybridized carbons (Fsp3) is 0.609. The van der Waals surface area contributed by atoms with Gasteiger partial charge in [-0.1, -0.05) is 6.92 Å². The van der Waals surface area contributed by atoms with E-state index in [1.807, 2.05) is 4.90 Å². The van der Waals surface area contributed by atoms with Crippen molar-refractivity contribution in [1.29, 1.82) is 0 Å². The number of amides is 2. The average Bonchev–Trinajstić information content (AvgIpc) is 3.03. The third-order valence-electron chi connectivity index (χ3n) is 7.06. The molecule has 3 aliphatic rings. The third-order valence-corrected chi connectivity index (χ3v) is 7.06. The van der Waals surface area contributed by atoms with Crippen LogP contribution in [0, 0.1) is 33.8 Å². The second kappa shape index (κ2) is 8.88. The van der Waals surface area contributed by atoms with Crippen molar-refractivity contribution in [1.82, 2.24) is 0 Å². The molecule has 1 aliphatic carbocycles. The fourth-order valence-corrected chi connectivity index (χ4v) is 5.32. The first-order chi connectivity index (χ1) is 15.3. The summed E-state index contributed by atoms with van der Waals surface area (Å²) in [7, 11) is 0. The minimum Gasteiger partial charge on any atom is -0.466 e. The van der Waals surface area contributed by atoms with Crippen molar-refractivity contribution >= 4 is 34.8 Å². The number of anilines is 2. The molecule has 4 rings (SSSR count). The van der Waals surface area contributed by atoms with Crippen molar-refractivity contribution in [3.63, 3.8) is 0 Å². The van der Waals surface area contributed by atoms with Crippen molar-refractivity contribution in [2.45, 2.75) is 46.0 Å². The van der Waals surface area contributed by atoms with Crippen LogP contribution in [0.1, 0.15) is 46.0 Å². The van der Waals surface area contributed by atoms with Crippen LogP contribution in [0.15, 0.2) is 18.2 Å². The molecule has 1 aromatic carbocycles. The number of nitro groups is 1. The summed E-state index contributed by atoms with van der Waals surface area (Å²) in [6.07, 6.45) is 3.39. The molecule has 0 unspecified atom stereocenters. The highest BCUT2D eigenvalue weighted by atomic mass is 16.6. The Labute approximate surface area is 186 Å². The summed E-state index contributed by atoms with van der Waals surface area (Å²) < 4.78 is 5.09. The van der Waals surface area contributed by atoms with Crippen LogP contribution in [0.5, 0.6) is 0 Å². The van der Waals surface area contributed by atoms with E-state index in [1.54, 1.807) is 19.1 Å². The van der Waals surface area contributed by atoms with Gasteiger partial charge in [0.1, 0.15) is 5.69 Å². The van der Waals surface area contributed by atoms with Gasteiger partial charge in [0, 0.05) is 19.2 Å². The van der Waals surface area contributed by atoms with E-state index >= 15 is 0 Å². The number of nitro benzene ring substituents is 1. The van der Waals surface area contributed by atoms with E-state index in [1.165, 1.54) is 6.07 Å². The number of esters is 1. The Bertz CT molecular complexity index is 940. The zero-order valence-corrected chi connectivity index (χ0v) is 18.5. The van der Waals surface area contributed by atoms with Gasteiger partial charge in [0.25, 0.3) is 5.69 Å². The van der Waals surface area contributed by atoms with Crippen LogP contribution < -0.4 is 9.80 Å². The van der Waals surface area contributed by atoms with Crippen molar-refractivity contribution in [3.05, 3.63) is 28.3 Å². The molecule has 0 radical (unpaired) electrons. The quantitative estimate of drug-likeness (QED) is 0.297. The van der Waals surface area contributed by atoms with E-state index < -0.39 is 4.92 Å². The SMILES string of the molecule is CCOC(=O)C1CCN(c2ccc(N3C(=O)[C@H]4C[C@@H](C)CC[C@H]4C3=O)cc2[N+](=O)[O-])CC1. The topological polar surface area (TPSA) is 110 Å². The first-order valence-corrected chi connectivity index (χ1v) is 11.4. The van der Waals surface area contributed by atoms with Crippen LogP contribution in [-0.4, -0.2) is 42.4 Å². The highest BCUT2D eigenvalue weighted by Gasteiger charge is 2.50. The molecule has 0 N–H and O–H groups in total. The maximum atomic E-state index is 13.0. The molecule has 0 bridgehead atoms. The number of carbonyl (C=O) groups excluding carboxylic acids is 3. The van der Waals surface area contributed by atoms with Crippen LogP contribution in [0.4, 0.5) is 17.1 Å². The number of carbonyl (C=O) groups is 3. The Morgan fingerprint density at radius 3 is 2.47 bits per heavy atom. The molecule has 9 nitrogen and oxygen atoms in total. The summed E-state index contributed by atoms with van der Waals surface area (Å²) in [5.41, 5.74) is 0.561. The summed E-state index contributed by atoms with van der Waals surface area (Å²) in [6, 6.07) is 4.57. The predicted molar refractivity (Wildman–Crippen MR) is 117 cm³/mol. The summed E-state index contributed by atoms with van der Waals surface area (Å²) in [5, 5.41) is 11.9. The van der Waals surface area contributed by atoms with Crippen LogP contribution >= 0.6 is 0 Å². The van der Waals surface area contributed by atoms with Gasteiger partial charge in [-0.2, -0.15) is 0 Å². The first kappa shape index (κ1) is 22.2. The molecule has 0 spiro atoms. The molecule has 3 fully saturated rings. The minimum atomic E-state index is -0.476. The molecule has 2 aliphatic heterocycles. The van der Waals surface area contributed by atoms with Crippen LogP contribution in [-0.2, 0) is 19.1 Å². The maximum Gasteiger partial charge on any atom is 0.309 e. The molecule has 1 aromatic rings. The predicted octanol–water partition coefficient (Wildman–Crippen LogP) is 3.30. The molecule has 3 atom stereocenters. The number of imide groups is 1. The maximum absolute atomic E-state index is 13.0. The van der Waals surface area contributed by atoms with Crippen molar-refractivity contribution in [2.24, 2.45) is 23.7 Å². The van der Waals surface area contributed by atoms with E-state index in [0.717, 1.165) is 11.3 Å². The van der Waals surface area contributed by atoms with Gasteiger partial charge in [-0.25, -0.2) is 4.90 Å². The summed E-state index contributed by atoms with van der Waals surface area (Å²) in [5.74, 6) is -1.17. The Balaban J connectivity index is 1.56. The number of benzene rings is 1. The summed E-state index contributed by atoms with van der Waals surface area (Å²) in [4.78, 5) is 52.4. The van der Waals surface area contributed by atoms with Gasteiger partial charge in [-0.15, -0.1) is 0 Å². The molecule has 172 valence electrons. The van der Waals surface area contributed by atoms with Crippen LogP contribution in [0.2, 0.25) is 0 Å². The Hall–Kier alpha value is -2.97. The van der Waals surface area contributed by atoms with Gasteiger partial charge >= 0.3 is 5.97 Å². The largest absolute Gasteiger partial charge is 0.466 e. The zero-order valence-electron chi connectivity index (χ0n) is 18.5.